The molecule has 0 radical (unpaired) electrons. The van der Waals surface area contributed by atoms with Gasteiger partial charge < -0.3 is 10.2 Å². The average molecular weight is 398 g/mol. The largest absolute Gasteiger partial charge is 0.353 e. The van der Waals surface area contributed by atoms with E-state index in [-0.39, 0.29) is 11.6 Å². The SMILES string of the molecule is N#Cc1cccc(NC(=O)c2ccc(N3CCN(Cc4ccccc4)CC3)nn2)c1. The highest BCUT2D eigenvalue weighted by Crippen LogP contribution is 2.16. The van der Waals surface area contributed by atoms with Crippen LogP contribution in [0.2, 0.25) is 0 Å². The maximum Gasteiger partial charge on any atom is 0.276 e. The van der Waals surface area contributed by atoms with Crippen molar-refractivity contribution in [1.29, 1.82) is 5.26 Å². The van der Waals surface area contributed by atoms with Crippen LogP contribution in [0.3, 0.4) is 0 Å². The van der Waals surface area contributed by atoms with Gasteiger partial charge in [0.25, 0.3) is 5.91 Å². The molecule has 1 saturated heterocycles. The summed E-state index contributed by atoms with van der Waals surface area (Å²) in [5.41, 5.74) is 2.60. The Labute approximate surface area is 175 Å². The lowest BCUT2D eigenvalue weighted by Gasteiger charge is -2.35. The molecule has 1 aliphatic rings. The van der Waals surface area contributed by atoms with Crippen molar-refractivity contribution in [3.63, 3.8) is 0 Å². The number of hydrogen-bond acceptors (Lipinski definition) is 6. The Morgan fingerprint density at radius 2 is 1.77 bits per heavy atom. The van der Waals surface area contributed by atoms with Crippen LogP contribution < -0.4 is 10.2 Å². The van der Waals surface area contributed by atoms with Crippen molar-refractivity contribution in [2.24, 2.45) is 0 Å². The molecule has 150 valence electrons. The van der Waals surface area contributed by atoms with Crippen LogP contribution in [0.1, 0.15) is 21.6 Å². The van der Waals surface area contributed by atoms with Gasteiger partial charge in [0.05, 0.1) is 11.6 Å². The van der Waals surface area contributed by atoms with Gasteiger partial charge in [-0.15, -0.1) is 10.2 Å². The first-order valence-corrected chi connectivity index (χ1v) is 9.88. The summed E-state index contributed by atoms with van der Waals surface area (Å²) >= 11 is 0. The van der Waals surface area contributed by atoms with Crippen molar-refractivity contribution in [3.8, 4) is 6.07 Å². The van der Waals surface area contributed by atoms with Crippen molar-refractivity contribution in [2.75, 3.05) is 36.4 Å². The number of nitrogens with zero attached hydrogens (tertiary/aromatic N) is 5. The van der Waals surface area contributed by atoms with Crippen molar-refractivity contribution in [3.05, 3.63) is 83.6 Å². The van der Waals surface area contributed by atoms with Gasteiger partial charge in [0, 0.05) is 38.4 Å². The third-order valence-corrected chi connectivity index (χ3v) is 5.08. The predicted octanol–water partition coefficient (Wildman–Crippen LogP) is 2.92. The predicted molar refractivity (Wildman–Crippen MR) is 115 cm³/mol. The first kappa shape index (κ1) is 19.6. The molecule has 4 rings (SSSR count). The molecule has 1 amide bonds. The van der Waals surface area contributed by atoms with Crippen molar-refractivity contribution < 1.29 is 4.79 Å². The minimum absolute atomic E-state index is 0.240. The maximum absolute atomic E-state index is 12.4. The van der Waals surface area contributed by atoms with E-state index in [1.165, 1.54) is 5.56 Å². The average Bonchev–Trinajstić information content (AvgIpc) is 2.80. The Hall–Kier alpha value is -3.76. The maximum atomic E-state index is 12.4. The molecule has 2 aromatic carbocycles. The van der Waals surface area contributed by atoms with E-state index in [0.29, 0.717) is 11.3 Å². The minimum Gasteiger partial charge on any atom is -0.353 e. The molecule has 7 nitrogen and oxygen atoms in total. The number of rotatable bonds is 5. The zero-order chi connectivity index (χ0) is 20.8. The lowest BCUT2D eigenvalue weighted by molar-refractivity contribution is 0.102. The zero-order valence-corrected chi connectivity index (χ0v) is 16.5. The number of aromatic nitrogens is 2. The second-order valence-corrected chi connectivity index (χ2v) is 7.17. The normalized spacial score (nSPS) is 14.2. The molecule has 2 heterocycles. The molecular formula is C23H22N6O. The summed E-state index contributed by atoms with van der Waals surface area (Å²) in [5.74, 6) is 0.425. The number of hydrogen-bond donors (Lipinski definition) is 1. The van der Waals surface area contributed by atoms with Crippen LogP contribution >= 0.6 is 0 Å². The first-order valence-electron chi connectivity index (χ1n) is 9.88. The number of carbonyl (C=O) groups is 1. The standard InChI is InChI=1S/C23H22N6O/c24-16-19-7-4-8-20(15-19)25-23(30)21-9-10-22(27-26-21)29-13-11-28(12-14-29)17-18-5-2-1-3-6-18/h1-10,15H,11-14,17H2,(H,25,30). The number of piperazine rings is 1. The van der Waals surface area contributed by atoms with E-state index in [0.717, 1.165) is 38.5 Å². The van der Waals surface area contributed by atoms with Crippen molar-refractivity contribution in [1.82, 2.24) is 15.1 Å². The number of amides is 1. The molecule has 7 heteroatoms. The van der Waals surface area contributed by atoms with Crippen LogP contribution in [0.25, 0.3) is 0 Å². The Balaban J connectivity index is 1.32. The Kier molecular flexibility index (Phi) is 5.97. The van der Waals surface area contributed by atoms with Gasteiger partial charge in [-0.1, -0.05) is 36.4 Å². The van der Waals surface area contributed by atoms with Crippen LogP contribution in [0.15, 0.2) is 66.7 Å². The highest BCUT2D eigenvalue weighted by atomic mass is 16.1. The van der Waals surface area contributed by atoms with Gasteiger partial charge in [-0.2, -0.15) is 5.26 Å². The van der Waals surface area contributed by atoms with Gasteiger partial charge in [0.1, 0.15) is 0 Å². The Bertz CT molecular complexity index is 1040. The van der Waals surface area contributed by atoms with E-state index in [9.17, 15) is 4.79 Å². The van der Waals surface area contributed by atoms with Crippen LogP contribution in [-0.4, -0.2) is 47.2 Å². The van der Waals surface area contributed by atoms with Crippen molar-refractivity contribution >= 4 is 17.4 Å². The van der Waals surface area contributed by atoms with E-state index >= 15 is 0 Å². The highest BCUT2D eigenvalue weighted by Gasteiger charge is 2.19. The molecule has 0 aliphatic carbocycles. The van der Waals surface area contributed by atoms with Gasteiger partial charge in [-0.05, 0) is 35.9 Å². The highest BCUT2D eigenvalue weighted by molar-refractivity contribution is 6.02. The lowest BCUT2D eigenvalue weighted by Crippen LogP contribution is -2.46. The van der Waals surface area contributed by atoms with Crippen molar-refractivity contribution in [2.45, 2.75) is 6.54 Å². The first-order chi connectivity index (χ1) is 14.7. The smallest absolute Gasteiger partial charge is 0.276 e. The molecule has 3 aromatic rings. The van der Waals surface area contributed by atoms with E-state index in [4.69, 9.17) is 5.26 Å². The Morgan fingerprint density at radius 1 is 0.967 bits per heavy atom. The summed E-state index contributed by atoms with van der Waals surface area (Å²) in [4.78, 5) is 17.0. The molecule has 1 fully saturated rings. The third kappa shape index (κ3) is 4.80. The zero-order valence-electron chi connectivity index (χ0n) is 16.5. The van der Waals surface area contributed by atoms with Crippen LogP contribution in [0, 0.1) is 11.3 Å². The molecule has 1 aromatic heterocycles. The fraction of sp³-hybridized carbons (Fsp3) is 0.217. The van der Waals surface area contributed by atoms with Crippen LogP contribution in [0.5, 0.6) is 0 Å². The van der Waals surface area contributed by atoms with Gasteiger partial charge >= 0.3 is 0 Å². The molecule has 1 aliphatic heterocycles. The summed E-state index contributed by atoms with van der Waals surface area (Å²) in [5, 5.41) is 20.1. The fourth-order valence-electron chi connectivity index (χ4n) is 3.45. The summed E-state index contributed by atoms with van der Waals surface area (Å²) < 4.78 is 0. The number of benzene rings is 2. The van der Waals surface area contributed by atoms with Gasteiger partial charge in [0.2, 0.25) is 0 Å². The number of anilines is 2. The molecule has 0 unspecified atom stereocenters. The fourth-order valence-corrected chi connectivity index (χ4v) is 3.45. The van der Waals surface area contributed by atoms with E-state index < -0.39 is 0 Å². The molecule has 0 spiro atoms. The number of nitriles is 1. The summed E-state index contributed by atoms with van der Waals surface area (Å²) in [6.07, 6.45) is 0. The van der Waals surface area contributed by atoms with Gasteiger partial charge in [0.15, 0.2) is 11.5 Å². The van der Waals surface area contributed by atoms with Crippen LogP contribution in [0.4, 0.5) is 11.5 Å². The lowest BCUT2D eigenvalue weighted by atomic mass is 10.2. The third-order valence-electron chi connectivity index (χ3n) is 5.08. The monoisotopic (exact) mass is 398 g/mol. The topological polar surface area (TPSA) is 85.2 Å². The quantitative estimate of drug-likeness (QED) is 0.711. The molecular weight excluding hydrogens is 376 g/mol. The molecule has 1 N–H and O–H groups in total. The van der Waals surface area contributed by atoms with Crippen LogP contribution in [-0.2, 0) is 6.54 Å². The summed E-state index contributed by atoms with van der Waals surface area (Å²) in [7, 11) is 0. The van der Waals surface area contributed by atoms with Gasteiger partial charge in [-0.3, -0.25) is 9.69 Å². The number of carbonyl (C=O) groups excluding carboxylic acids is 1. The van der Waals surface area contributed by atoms with E-state index in [1.807, 2.05) is 12.1 Å². The second kappa shape index (κ2) is 9.16. The van der Waals surface area contributed by atoms with E-state index in [2.05, 4.69) is 55.6 Å². The molecule has 30 heavy (non-hydrogen) atoms. The molecule has 0 saturated carbocycles. The minimum atomic E-state index is -0.350. The molecule has 0 atom stereocenters. The van der Waals surface area contributed by atoms with Gasteiger partial charge in [-0.25, -0.2) is 0 Å². The summed E-state index contributed by atoms with van der Waals surface area (Å²) in [6.45, 7) is 4.59. The summed E-state index contributed by atoms with van der Waals surface area (Å²) in [6, 6.07) is 22.8. The van der Waals surface area contributed by atoms with E-state index in [1.54, 1.807) is 30.3 Å². The second-order valence-electron chi connectivity index (χ2n) is 7.17. The Morgan fingerprint density at radius 3 is 2.47 bits per heavy atom. The number of nitrogens with one attached hydrogen (secondary N) is 1. The molecule has 0 bridgehead atoms.